The summed E-state index contributed by atoms with van der Waals surface area (Å²) in [6.45, 7) is 2.02. The molecule has 0 aliphatic carbocycles. The third kappa shape index (κ3) is 5.31. The molecule has 0 N–H and O–H groups in total. The highest BCUT2D eigenvalue weighted by Crippen LogP contribution is 2.31. The molecule has 142 valence electrons. The Balaban J connectivity index is 2.00. The molecule has 0 aromatic heterocycles. The minimum absolute atomic E-state index is 0.212. The van der Waals surface area contributed by atoms with Gasteiger partial charge in [0.25, 0.3) is 0 Å². The third-order valence-electron chi connectivity index (χ3n) is 4.35. The molecule has 0 saturated carbocycles. The quantitative estimate of drug-likeness (QED) is 0.397. The molecule has 3 aromatic rings. The second-order valence-corrected chi connectivity index (χ2v) is 7.29. The molecular formula is C24H18Cl2F2. The zero-order valence-electron chi connectivity index (χ0n) is 15.2. The van der Waals surface area contributed by atoms with Gasteiger partial charge in [-0.3, -0.25) is 0 Å². The van der Waals surface area contributed by atoms with Gasteiger partial charge in [-0.05, 0) is 47.9 Å². The summed E-state index contributed by atoms with van der Waals surface area (Å²) < 4.78 is 26.4. The summed E-state index contributed by atoms with van der Waals surface area (Å²) in [5.74, 6) is -0.846. The van der Waals surface area contributed by atoms with Crippen molar-refractivity contribution < 1.29 is 8.78 Å². The number of rotatable bonds is 5. The van der Waals surface area contributed by atoms with E-state index in [1.54, 1.807) is 24.3 Å². The Morgan fingerprint density at radius 1 is 0.679 bits per heavy atom. The van der Waals surface area contributed by atoms with Crippen LogP contribution in [0, 0.1) is 18.6 Å². The lowest BCUT2D eigenvalue weighted by Gasteiger charge is -2.12. The topological polar surface area (TPSA) is 0 Å². The van der Waals surface area contributed by atoms with Crippen LogP contribution in [0.1, 0.15) is 28.2 Å². The van der Waals surface area contributed by atoms with Crippen molar-refractivity contribution in [3.8, 4) is 0 Å². The van der Waals surface area contributed by atoms with E-state index in [1.165, 1.54) is 24.3 Å². The number of halogens is 4. The summed E-state index contributed by atoms with van der Waals surface area (Å²) in [4.78, 5) is 0. The van der Waals surface area contributed by atoms with E-state index in [0.29, 0.717) is 21.2 Å². The smallest absolute Gasteiger partial charge is 0.123 e. The van der Waals surface area contributed by atoms with Crippen LogP contribution in [0.25, 0.3) is 10.1 Å². The van der Waals surface area contributed by atoms with Crippen molar-refractivity contribution in [2.75, 3.05) is 0 Å². The summed E-state index contributed by atoms with van der Waals surface area (Å²) >= 11 is 13.0. The highest BCUT2D eigenvalue weighted by Gasteiger charge is 2.11. The first kappa shape index (κ1) is 20.3. The number of benzene rings is 3. The molecule has 3 aromatic carbocycles. The lowest BCUT2D eigenvalue weighted by molar-refractivity contribution is 0.627. The van der Waals surface area contributed by atoms with E-state index in [0.717, 1.165) is 11.1 Å². The van der Waals surface area contributed by atoms with Gasteiger partial charge in [0, 0.05) is 16.0 Å². The van der Waals surface area contributed by atoms with Crippen LogP contribution in [0.15, 0.2) is 84.9 Å². The molecule has 0 spiro atoms. The van der Waals surface area contributed by atoms with E-state index in [-0.39, 0.29) is 17.6 Å². The predicted molar refractivity (Wildman–Crippen MR) is 114 cm³/mol. The van der Waals surface area contributed by atoms with Crippen molar-refractivity contribution in [1.29, 1.82) is 0 Å². The Kier molecular flexibility index (Phi) is 6.66. The van der Waals surface area contributed by atoms with Crippen LogP contribution >= 0.6 is 23.2 Å². The Hall–Kier alpha value is -2.42. The fourth-order valence-electron chi connectivity index (χ4n) is 2.76. The first-order chi connectivity index (χ1) is 13.4. The van der Waals surface area contributed by atoms with Gasteiger partial charge in [-0.15, -0.1) is 0 Å². The number of aryl methyl sites for hydroxylation is 1. The van der Waals surface area contributed by atoms with Crippen molar-refractivity contribution in [2.45, 2.75) is 12.8 Å². The van der Waals surface area contributed by atoms with Gasteiger partial charge in [0.1, 0.15) is 11.6 Å². The van der Waals surface area contributed by atoms with Crippen LogP contribution in [0.3, 0.4) is 0 Å². The second-order valence-electron chi connectivity index (χ2n) is 6.48. The zero-order chi connectivity index (χ0) is 20.1. The Labute approximate surface area is 173 Å². The summed E-state index contributed by atoms with van der Waals surface area (Å²) in [5, 5.41) is 0.982. The maximum atomic E-state index is 13.2. The van der Waals surface area contributed by atoms with Crippen LogP contribution in [0.5, 0.6) is 0 Å². The van der Waals surface area contributed by atoms with Crippen molar-refractivity contribution >= 4 is 33.3 Å². The molecule has 0 radical (unpaired) electrons. The van der Waals surface area contributed by atoms with E-state index < -0.39 is 0 Å². The minimum Gasteiger partial charge on any atom is -0.207 e. The number of hydrogen-bond donors (Lipinski definition) is 0. The summed E-state index contributed by atoms with van der Waals surface area (Å²) in [7, 11) is 0. The van der Waals surface area contributed by atoms with E-state index >= 15 is 0 Å². The van der Waals surface area contributed by atoms with Crippen molar-refractivity contribution in [3.63, 3.8) is 0 Å². The summed E-state index contributed by atoms with van der Waals surface area (Å²) in [6, 6.07) is 20.0. The third-order valence-corrected chi connectivity index (χ3v) is 5.04. The zero-order valence-corrected chi connectivity index (χ0v) is 16.7. The van der Waals surface area contributed by atoms with Crippen molar-refractivity contribution in [3.05, 3.63) is 119 Å². The lowest BCUT2D eigenvalue weighted by Crippen LogP contribution is -1.94. The average Bonchev–Trinajstić information content (AvgIpc) is 2.69. The average molecular weight is 415 g/mol. The molecule has 0 nitrogen and oxygen atoms in total. The van der Waals surface area contributed by atoms with Gasteiger partial charge >= 0.3 is 0 Å². The van der Waals surface area contributed by atoms with Gasteiger partial charge in [-0.1, -0.05) is 89.4 Å². The Morgan fingerprint density at radius 3 is 1.46 bits per heavy atom. The van der Waals surface area contributed by atoms with E-state index in [2.05, 4.69) is 0 Å². The van der Waals surface area contributed by atoms with Gasteiger partial charge in [0.15, 0.2) is 0 Å². The highest BCUT2D eigenvalue weighted by atomic mass is 35.5. The molecule has 0 saturated heterocycles. The molecule has 0 bridgehead atoms. The molecule has 3 rings (SSSR count). The standard InChI is InChI=1S/C24H18Cl2F2/c1-16-2-4-17(5-3-16)20(14-23(25)18-6-10-21(27)11-7-18)15-24(26)19-8-12-22(28)13-9-19/h2-15,20H,1H3/b23-14-,24-15+. The molecular weight excluding hydrogens is 397 g/mol. The lowest BCUT2D eigenvalue weighted by atomic mass is 9.95. The maximum absolute atomic E-state index is 13.2. The molecule has 1 unspecified atom stereocenters. The van der Waals surface area contributed by atoms with Crippen LogP contribution < -0.4 is 0 Å². The molecule has 0 aliphatic rings. The normalized spacial score (nSPS) is 13.5. The van der Waals surface area contributed by atoms with Crippen LogP contribution in [-0.4, -0.2) is 0 Å². The Bertz CT molecular complexity index is 925. The van der Waals surface area contributed by atoms with Gasteiger partial charge in [0.05, 0.1) is 0 Å². The largest absolute Gasteiger partial charge is 0.207 e. The molecule has 0 fully saturated rings. The molecule has 28 heavy (non-hydrogen) atoms. The summed E-state index contributed by atoms with van der Waals surface area (Å²) in [5.41, 5.74) is 3.58. The number of allylic oxidation sites excluding steroid dienone is 2. The monoisotopic (exact) mass is 414 g/mol. The molecule has 0 heterocycles. The van der Waals surface area contributed by atoms with Gasteiger partial charge in [-0.2, -0.15) is 0 Å². The highest BCUT2D eigenvalue weighted by molar-refractivity contribution is 6.49. The van der Waals surface area contributed by atoms with Gasteiger partial charge in [0.2, 0.25) is 0 Å². The fourth-order valence-corrected chi connectivity index (χ4v) is 3.28. The van der Waals surface area contributed by atoms with E-state index in [4.69, 9.17) is 23.2 Å². The van der Waals surface area contributed by atoms with Gasteiger partial charge in [-0.25, -0.2) is 8.78 Å². The van der Waals surface area contributed by atoms with Crippen molar-refractivity contribution in [1.82, 2.24) is 0 Å². The summed E-state index contributed by atoms with van der Waals surface area (Å²) in [6.07, 6.45) is 3.73. The first-order valence-electron chi connectivity index (χ1n) is 8.75. The molecule has 0 amide bonds. The minimum atomic E-state index is -0.317. The van der Waals surface area contributed by atoms with Crippen LogP contribution in [0.2, 0.25) is 0 Å². The number of hydrogen-bond acceptors (Lipinski definition) is 0. The molecule has 0 aliphatic heterocycles. The Morgan fingerprint density at radius 2 is 1.07 bits per heavy atom. The van der Waals surface area contributed by atoms with Crippen LogP contribution in [-0.2, 0) is 0 Å². The van der Waals surface area contributed by atoms with Crippen LogP contribution in [0.4, 0.5) is 8.78 Å². The SMILES string of the molecule is Cc1ccc(C(/C=C(\Cl)c2ccc(F)cc2)/C=C(/Cl)c2ccc(F)cc2)cc1. The second kappa shape index (κ2) is 9.18. The molecule has 4 heteroatoms. The molecule has 1 atom stereocenters. The maximum Gasteiger partial charge on any atom is 0.123 e. The van der Waals surface area contributed by atoms with Crippen molar-refractivity contribution in [2.24, 2.45) is 0 Å². The van der Waals surface area contributed by atoms with E-state index in [1.807, 2.05) is 43.3 Å². The van der Waals surface area contributed by atoms with E-state index in [9.17, 15) is 8.78 Å². The predicted octanol–water partition coefficient (Wildman–Crippen LogP) is 7.92. The van der Waals surface area contributed by atoms with Gasteiger partial charge < -0.3 is 0 Å². The first-order valence-corrected chi connectivity index (χ1v) is 9.51. The fraction of sp³-hybridized carbons (Fsp3) is 0.0833.